The minimum Gasteiger partial charge on any atom is -0.372 e. The quantitative estimate of drug-likeness (QED) is 0.891. The molecule has 0 aliphatic carbocycles. The van der Waals surface area contributed by atoms with Gasteiger partial charge < -0.3 is 15.5 Å². The third kappa shape index (κ3) is 2.73. The van der Waals surface area contributed by atoms with Crippen molar-refractivity contribution in [2.75, 3.05) is 24.5 Å². The largest absolute Gasteiger partial charge is 0.372 e. The van der Waals surface area contributed by atoms with E-state index in [1.54, 1.807) is 0 Å². The second-order valence-corrected chi connectivity index (χ2v) is 5.60. The molecule has 2 aliphatic rings. The van der Waals surface area contributed by atoms with E-state index in [0.717, 1.165) is 0 Å². The maximum Gasteiger partial charge on any atom is 0.224 e. The summed E-state index contributed by atoms with van der Waals surface area (Å²) in [6.45, 7) is 3.71. The van der Waals surface area contributed by atoms with Gasteiger partial charge in [0, 0.05) is 44.3 Å². The predicted molar refractivity (Wildman–Crippen MR) is 75.9 cm³/mol. The average molecular weight is 259 g/mol. The Labute approximate surface area is 114 Å². The summed E-state index contributed by atoms with van der Waals surface area (Å²) in [6.07, 6.45) is 3.08. The Balaban J connectivity index is 1.64. The SMILES string of the molecule is NC1CC(=O)N(Cc2ccc(N3CCCC3)cc2)C1. The smallest absolute Gasteiger partial charge is 0.224 e. The highest BCUT2D eigenvalue weighted by Gasteiger charge is 2.26. The van der Waals surface area contributed by atoms with Crippen LogP contribution in [-0.4, -0.2) is 36.5 Å². The van der Waals surface area contributed by atoms with E-state index in [1.807, 2.05) is 4.90 Å². The zero-order valence-electron chi connectivity index (χ0n) is 11.2. The first kappa shape index (κ1) is 12.5. The lowest BCUT2D eigenvalue weighted by Gasteiger charge is -2.19. The highest BCUT2D eigenvalue weighted by molar-refractivity contribution is 5.79. The van der Waals surface area contributed by atoms with Crippen molar-refractivity contribution in [3.63, 3.8) is 0 Å². The van der Waals surface area contributed by atoms with Crippen molar-refractivity contribution >= 4 is 11.6 Å². The number of benzene rings is 1. The highest BCUT2D eigenvalue weighted by Crippen LogP contribution is 2.21. The van der Waals surface area contributed by atoms with Crippen LogP contribution in [-0.2, 0) is 11.3 Å². The molecule has 19 heavy (non-hydrogen) atoms. The molecule has 4 nitrogen and oxygen atoms in total. The van der Waals surface area contributed by atoms with E-state index < -0.39 is 0 Å². The zero-order chi connectivity index (χ0) is 13.2. The number of carbonyl (C=O) groups is 1. The van der Waals surface area contributed by atoms with Gasteiger partial charge >= 0.3 is 0 Å². The second kappa shape index (κ2) is 5.21. The molecule has 3 rings (SSSR count). The number of amides is 1. The molecule has 1 atom stereocenters. The Kier molecular flexibility index (Phi) is 3.42. The van der Waals surface area contributed by atoms with E-state index in [0.29, 0.717) is 19.5 Å². The molecule has 2 N–H and O–H groups in total. The number of nitrogens with zero attached hydrogens (tertiary/aromatic N) is 2. The number of hydrogen-bond acceptors (Lipinski definition) is 3. The normalized spacial score (nSPS) is 23.4. The van der Waals surface area contributed by atoms with Gasteiger partial charge in [0.25, 0.3) is 0 Å². The Morgan fingerprint density at radius 1 is 1.16 bits per heavy atom. The summed E-state index contributed by atoms with van der Waals surface area (Å²) >= 11 is 0. The summed E-state index contributed by atoms with van der Waals surface area (Å²) in [4.78, 5) is 16.0. The lowest BCUT2D eigenvalue weighted by molar-refractivity contribution is -0.128. The molecule has 1 aromatic rings. The molecule has 1 aromatic carbocycles. The van der Waals surface area contributed by atoms with Crippen molar-refractivity contribution in [2.45, 2.75) is 31.8 Å². The van der Waals surface area contributed by atoms with E-state index in [4.69, 9.17) is 5.73 Å². The van der Waals surface area contributed by atoms with E-state index >= 15 is 0 Å². The van der Waals surface area contributed by atoms with Crippen molar-refractivity contribution in [1.29, 1.82) is 0 Å². The van der Waals surface area contributed by atoms with Gasteiger partial charge in [-0.15, -0.1) is 0 Å². The standard InChI is InChI=1S/C15H21N3O/c16-13-9-15(19)18(11-13)10-12-3-5-14(6-4-12)17-7-1-2-8-17/h3-6,13H,1-2,7-11,16H2. The molecule has 1 unspecified atom stereocenters. The number of nitrogens with two attached hydrogens (primary N) is 1. The summed E-state index contributed by atoms with van der Waals surface area (Å²) in [6, 6.07) is 8.61. The first-order chi connectivity index (χ1) is 9.22. The Hall–Kier alpha value is -1.55. The summed E-state index contributed by atoms with van der Waals surface area (Å²) < 4.78 is 0. The topological polar surface area (TPSA) is 49.6 Å². The Bertz CT molecular complexity index is 451. The summed E-state index contributed by atoms with van der Waals surface area (Å²) in [5.74, 6) is 0.177. The fraction of sp³-hybridized carbons (Fsp3) is 0.533. The van der Waals surface area contributed by atoms with Crippen molar-refractivity contribution in [2.24, 2.45) is 5.73 Å². The predicted octanol–water partition coefficient (Wildman–Crippen LogP) is 1.35. The number of hydrogen-bond donors (Lipinski definition) is 1. The number of likely N-dealkylation sites (tertiary alicyclic amines) is 1. The first-order valence-electron chi connectivity index (χ1n) is 7.09. The molecule has 4 heteroatoms. The van der Waals surface area contributed by atoms with Gasteiger partial charge in [0.1, 0.15) is 0 Å². The van der Waals surface area contributed by atoms with E-state index in [2.05, 4.69) is 29.2 Å². The molecule has 2 saturated heterocycles. The summed E-state index contributed by atoms with van der Waals surface area (Å²) in [5, 5.41) is 0. The monoisotopic (exact) mass is 259 g/mol. The van der Waals surface area contributed by atoms with Gasteiger partial charge in [0.15, 0.2) is 0 Å². The van der Waals surface area contributed by atoms with Crippen molar-refractivity contribution in [3.8, 4) is 0 Å². The lowest BCUT2D eigenvalue weighted by atomic mass is 10.2. The molecule has 1 amide bonds. The van der Waals surface area contributed by atoms with Crippen LogP contribution in [0.5, 0.6) is 0 Å². The van der Waals surface area contributed by atoms with Crippen LogP contribution in [0.3, 0.4) is 0 Å². The van der Waals surface area contributed by atoms with Crippen LogP contribution in [0.15, 0.2) is 24.3 Å². The third-order valence-electron chi connectivity index (χ3n) is 4.03. The van der Waals surface area contributed by atoms with Crippen LogP contribution >= 0.6 is 0 Å². The molecule has 0 bridgehead atoms. The average Bonchev–Trinajstić information content (AvgIpc) is 3.01. The maximum atomic E-state index is 11.7. The molecule has 2 fully saturated rings. The van der Waals surface area contributed by atoms with E-state index in [1.165, 1.54) is 37.2 Å². The van der Waals surface area contributed by atoms with Crippen LogP contribution < -0.4 is 10.6 Å². The van der Waals surface area contributed by atoms with Gasteiger partial charge in [-0.25, -0.2) is 0 Å². The zero-order valence-corrected chi connectivity index (χ0v) is 11.2. The number of carbonyl (C=O) groups excluding carboxylic acids is 1. The van der Waals surface area contributed by atoms with Gasteiger partial charge in [-0.1, -0.05) is 12.1 Å². The van der Waals surface area contributed by atoms with Crippen molar-refractivity contribution < 1.29 is 4.79 Å². The molecular weight excluding hydrogens is 238 g/mol. The minimum atomic E-state index is 0.0105. The third-order valence-corrected chi connectivity index (χ3v) is 4.03. The molecular formula is C15H21N3O. The lowest BCUT2D eigenvalue weighted by Crippen LogP contribution is -2.27. The van der Waals surface area contributed by atoms with Crippen LogP contribution in [0.1, 0.15) is 24.8 Å². The second-order valence-electron chi connectivity index (χ2n) is 5.60. The van der Waals surface area contributed by atoms with E-state index in [-0.39, 0.29) is 11.9 Å². The molecule has 102 valence electrons. The Morgan fingerprint density at radius 3 is 2.42 bits per heavy atom. The highest BCUT2D eigenvalue weighted by atomic mass is 16.2. The van der Waals surface area contributed by atoms with Crippen LogP contribution in [0.2, 0.25) is 0 Å². The van der Waals surface area contributed by atoms with Crippen molar-refractivity contribution in [1.82, 2.24) is 4.90 Å². The Morgan fingerprint density at radius 2 is 1.84 bits per heavy atom. The van der Waals surface area contributed by atoms with Crippen LogP contribution in [0.25, 0.3) is 0 Å². The van der Waals surface area contributed by atoms with Gasteiger partial charge in [-0.3, -0.25) is 4.79 Å². The van der Waals surface area contributed by atoms with Gasteiger partial charge in [-0.05, 0) is 30.5 Å². The number of rotatable bonds is 3. The van der Waals surface area contributed by atoms with Crippen molar-refractivity contribution in [3.05, 3.63) is 29.8 Å². The summed E-state index contributed by atoms with van der Waals surface area (Å²) in [5.41, 5.74) is 8.29. The fourth-order valence-corrected chi connectivity index (χ4v) is 2.96. The van der Waals surface area contributed by atoms with E-state index in [9.17, 15) is 4.79 Å². The molecule has 0 radical (unpaired) electrons. The van der Waals surface area contributed by atoms with Crippen LogP contribution in [0.4, 0.5) is 5.69 Å². The fourth-order valence-electron chi connectivity index (χ4n) is 2.96. The maximum absolute atomic E-state index is 11.7. The van der Waals surface area contributed by atoms with Gasteiger partial charge in [0.2, 0.25) is 5.91 Å². The molecule has 0 spiro atoms. The molecule has 0 saturated carbocycles. The number of anilines is 1. The summed E-state index contributed by atoms with van der Waals surface area (Å²) in [7, 11) is 0. The molecule has 2 aliphatic heterocycles. The first-order valence-corrected chi connectivity index (χ1v) is 7.09. The van der Waals surface area contributed by atoms with Gasteiger partial charge in [0.05, 0.1) is 0 Å². The minimum absolute atomic E-state index is 0.0105. The molecule has 0 aromatic heterocycles. The van der Waals surface area contributed by atoms with Crippen LogP contribution in [0, 0.1) is 0 Å². The van der Waals surface area contributed by atoms with Gasteiger partial charge in [-0.2, -0.15) is 0 Å². The molecule has 2 heterocycles.